The van der Waals surface area contributed by atoms with Crippen LogP contribution in [0.5, 0.6) is 0 Å². The lowest BCUT2D eigenvalue weighted by Gasteiger charge is -2.41. The summed E-state index contributed by atoms with van der Waals surface area (Å²) in [5, 5.41) is 23.0. The molecule has 1 aliphatic carbocycles. The van der Waals surface area contributed by atoms with Gasteiger partial charge in [0.15, 0.2) is 0 Å². The van der Waals surface area contributed by atoms with Gasteiger partial charge in [0, 0.05) is 5.54 Å². The lowest BCUT2D eigenvalue weighted by Crippen LogP contribution is -2.38. The summed E-state index contributed by atoms with van der Waals surface area (Å²) >= 11 is 0. The molecule has 1 amide bonds. The second kappa shape index (κ2) is 7.02. The van der Waals surface area contributed by atoms with Gasteiger partial charge in [0.05, 0.1) is 34.7 Å². The Morgan fingerprint density at radius 3 is 2.66 bits per heavy atom. The molecule has 1 unspecified atom stereocenters. The van der Waals surface area contributed by atoms with Gasteiger partial charge in [0.1, 0.15) is 0 Å². The van der Waals surface area contributed by atoms with Crippen molar-refractivity contribution in [2.24, 2.45) is 0 Å². The highest BCUT2D eigenvalue weighted by Gasteiger charge is 2.37. The fourth-order valence-electron chi connectivity index (χ4n) is 4.07. The molecule has 6 heteroatoms. The van der Waals surface area contributed by atoms with Crippen LogP contribution in [0.3, 0.4) is 0 Å². The van der Waals surface area contributed by atoms with E-state index in [1.54, 1.807) is 25.1 Å². The summed E-state index contributed by atoms with van der Waals surface area (Å²) in [5.41, 5.74) is 1.41. The third kappa shape index (κ3) is 3.50. The lowest BCUT2D eigenvalue weighted by atomic mass is 9.78. The van der Waals surface area contributed by atoms with Crippen LogP contribution in [0.2, 0.25) is 0 Å². The van der Waals surface area contributed by atoms with E-state index in [1.165, 1.54) is 0 Å². The quantitative estimate of drug-likeness (QED) is 0.690. The molecule has 4 rings (SSSR count). The van der Waals surface area contributed by atoms with Gasteiger partial charge in [-0.1, -0.05) is 30.3 Å². The number of nitrogens with zero attached hydrogens (tertiary/aromatic N) is 3. The number of nitriles is 1. The molecule has 1 saturated carbocycles. The number of imidazole rings is 1. The van der Waals surface area contributed by atoms with E-state index in [1.807, 2.05) is 34.9 Å². The first-order valence-electron chi connectivity index (χ1n) is 9.83. The number of carbonyl (C=O) groups excluding carboxylic acids is 1. The van der Waals surface area contributed by atoms with E-state index in [-0.39, 0.29) is 17.9 Å². The Bertz CT molecular complexity index is 1110. The molecule has 0 spiro atoms. The van der Waals surface area contributed by atoms with E-state index in [9.17, 15) is 15.2 Å². The third-order valence-electron chi connectivity index (χ3n) is 5.91. The van der Waals surface area contributed by atoms with Gasteiger partial charge in [-0.2, -0.15) is 5.26 Å². The van der Waals surface area contributed by atoms with E-state index < -0.39 is 5.60 Å². The van der Waals surface area contributed by atoms with E-state index in [0.29, 0.717) is 17.1 Å². The molecule has 0 radical (unpaired) electrons. The molecule has 148 valence electrons. The summed E-state index contributed by atoms with van der Waals surface area (Å²) in [6.45, 7) is 3.78. The average molecular weight is 388 g/mol. The molecule has 29 heavy (non-hydrogen) atoms. The molecule has 0 aliphatic heterocycles. The fourth-order valence-corrected chi connectivity index (χ4v) is 4.07. The number of nitrogens with one attached hydrogen (secondary N) is 1. The lowest BCUT2D eigenvalue weighted by molar-refractivity contribution is -0.120. The molecule has 1 fully saturated rings. The average Bonchev–Trinajstić information content (AvgIpc) is 3.03. The smallest absolute Gasteiger partial charge is 0.229 e. The number of fused-ring (bicyclic) bond motifs is 1. The van der Waals surface area contributed by atoms with Gasteiger partial charge < -0.3 is 9.67 Å². The van der Waals surface area contributed by atoms with Crippen LogP contribution in [0.25, 0.3) is 11.0 Å². The second-order valence-corrected chi connectivity index (χ2v) is 8.30. The Kier molecular flexibility index (Phi) is 4.64. The predicted octanol–water partition coefficient (Wildman–Crippen LogP) is 4.04. The number of carbonyl (C=O) groups is 1. The first-order chi connectivity index (χ1) is 13.8. The fraction of sp³-hybridized carbons (Fsp3) is 0.348. The number of rotatable bonds is 5. The van der Waals surface area contributed by atoms with Crippen molar-refractivity contribution in [2.75, 3.05) is 5.32 Å². The molecule has 2 aromatic carbocycles. The van der Waals surface area contributed by atoms with Gasteiger partial charge in [0.2, 0.25) is 11.9 Å². The molecule has 0 saturated heterocycles. The van der Waals surface area contributed by atoms with Gasteiger partial charge in [-0.3, -0.25) is 10.1 Å². The predicted molar refractivity (Wildman–Crippen MR) is 111 cm³/mol. The third-order valence-corrected chi connectivity index (χ3v) is 5.91. The Balaban J connectivity index is 1.66. The van der Waals surface area contributed by atoms with Crippen LogP contribution >= 0.6 is 0 Å². The zero-order valence-electron chi connectivity index (χ0n) is 16.6. The molecule has 2 N–H and O–H groups in total. The summed E-state index contributed by atoms with van der Waals surface area (Å²) in [7, 11) is 0. The van der Waals surface area contributed by atoms with Crippen LogP contribution < -0.4 is 5.32 Å². The monoisotopic (exact) mass is 388 g/mol. The van der Waals surface area contributed by atoms with Gasteiger partial charge in [-0.15, -0.1) is 0 Å². The summed E-state index contributed by atoms with van der Waals surface area (Å²) in [4.78, 5) is 17.4. The van der Waals surface area contributed by atoms with E-state index in [0.717, 1.165) is 30.3 Å². The van der Waals surface area contributed by atoms with Crippen LogP contribution in [-0.2, 0) is 15.9 Å². The van der Waals surface area contributed by atoms with Crippen molar-refractivity contribution < 1.29 is 9.90 Å². The Hall–Kier alpha value is -3.17. The van der Waals surface area contributed by atoms with Gasteiger partial charge in [-0.05, 0) is 56.9 Å². The Morgan fingerprint density at radius 2 is 2.03 bits per heavy atom. The van der Waals surface area contributed by atoms with Crippen molar-refractivity contribution in [1.82, 2.24) is 9.55 Å². The Labute approximate surface area is 169 Å². The highest BCUT2D eigenvalue weighted by molar-refractivity contribution is 5.92. The molecule has 1 atom stereocenters. The van der Waals surface area contributed by atoms with Crippen LogP contribution in [0, 0.1) is 11.3 Å². The van der Waals surface area contributed by atoms with Crippen molar-refractivity contribution in [2.45, 2.75) is 50.7 Å². The van der Waals surface area contributed by atoms with Crippen molar-refractivity contribution in [1.29, 1.82) is 5.26 Å². The number of benzene rings is 2. The molecule has 1 aliphatic rings. The molecule has 1 aromatic heterocycles. The largest absolute Gasteiger partial charge is 0.385 e. The minimum Gasteiger partial charge on any atom is -0.385 e. The minimum absolute atomic E-state index is 0.0830. The van der Waals surface area contributed by atoms with Gasteiger partial charge in [-0.25, -0.2) is 4.98 Å². The number of anilines is 1. The maximum Gasteiger partial charge on any atom is 0.229 e. The van der Waals surface area contributed by atoms with Gasteiger partial charge in [0.25, 0.3) is 0 Å². The molecule has 1 heterocycles. The summed E-state index contributed by atoms with van der Waals surface area (Å²) in [6.07, 6.45) is 3.00. The van der Waals surface area contributed by atoms with Gasteiger partial charge >= 0.3 is 0 Å². The maximum absolute atomic E-state index is 12.8. The van der Waals surface area contributed by atoms with Crippen molar-refractivity contribution in [3.05, 3.63) is 59.7 Å². The summed E-state index contributed by atoms with van der Waals surface area (Å²) < 4.78 is 2.04. The molecular formula is C23H24N4O2. The summed E-state index contributed by atoms with van der Waals surface area (Å²) in [6, 6.07) is 16.7. The van der Waals surface area contributed by atoms with Crippen molar-refractivity contribution in [3.63, 3.8) is 0 Å². The topological polar surface area (TPSA) is 90.9 Å². The zero-order valence-corrected chi connectivity index (χ0v) is 16.6. The van der Waals surface area contributed by atoms with E-state index in [4.69, 9.17) is 0 Å². The maximum atomic E-state index is 12.8. The molecule has 0 bridgehead atoms. The van der Waals surface area contributed by atoms with Crippen LogP contribution in [0.15, 0.2) is 48.5 Å². The Morgan fingerprint density at radius 1 is 1.31 bits per heavy atom. The van der Waals surface area contributed by atoms with E-state index in [2.05, 4.69) is 23.3 Å². The number of hydrogen-bond donors (Lipinski definition) is 2. The van der Waals surface area contributed by atoms with Crippen LogP contribution in [0.1, 0.15) is 50.7 Å². The minimum atomic E-state index is -1.28. The first-order valence-corrected chi connectivity index (χ1v) is 9.83. The standard InChI is InChI=1S/C23H24N4O2/c1-22(11-6-12-22)27-19-13-16(15-24)9-10-18(19)25-21(27)26-20(28)14-23(2,29)17-7-4-3-5-8-17/h3-5,7-10,13,29H,6,11-12,14H2,1-2H3,(H,25,26,28). The second-order valence-electron chi connectivity index (χ2n) is 8.30. The molecule has 6 nitrogen and oxygen atoms in total. The molecule has 3 aromatic rings. The number of hydrogen-bond acceptors (Lipinski definition) is 4. The highest BCUT2D eigenvalue weighted by Crippen LogP contribution is 2.43. The highest BCUT2D eigenvalue weighted by atomic mass is 16.3. The van der Waals surface area contributed by atoms with E-state index >= 15 is 0 Å². The number of aliphatic hydroxyl groups is 1. The van der Waals surface area contributed by atoms with Crippen molar-refractivity contribution in [3.8, 4) is 6.07 Å². The van der Waals surface area contributed by atoms with Crippen LogP contribution in [0.4, 0.5) is 5.95 Å². The van der Waals surface area contributed by atoms with Crippen LogP contribution in [-0.4, -0.2) is 20.6 Å². The summed E-state index contributed by atoms with van der Waals surface area (Å²) in [5.74, 6) is 0.157. The molecular weight excluding hydrogens is 364 g/mol. The SMILES string of the molecule is CC(O)(CC(=O)Nc1nc2ccc(C#N)cc2n1C1(C)CCC1)c1ccccc1. The normalized spacial score (nSPS) is 17.2. The zero-order chi connectivity index (χ0) is 20.6. The first kappa shape index (κ1) is 19.2. The number of aromatic nitrogens is 2. The number of amides is 1. The van der Waals surface area contributed by atoms with Crippen molar-refractivity contribution >= 4 is 22.9 Å².